The SMILES string of the molecule is COc1cc2cc(c1Cl)N(C)C(=O)CC(OC(=O)C(C)S)C1(C)OC1C(C)C(C)CC(O)(NC(C)=O)C(OC)/C=C/C=C(\C)C2. The highest BCUT2D eigenvalue weighted by Crippen LogP contribution is 2.49. The van der Waals surface area contributed by atoms with E-state index in [0.717, 1.165) is 11.1 Å². The van der Waals surface area contributed by atoms with Crippen molar-refractivity contribution in [3.8, 4) is 5.75 Å². The number of amides is 2. The lowest BCUT2D eigenvalue weighted by Crippen LogP contribution is -2.57. The lowest BCUT2D eigenvalue weighted by atomic mass is 9.79. The number of rotatable bonds is 5. The first-order chi connectivity index (χ1) is 21.0. The minimum absolute atomic E-state index is 0.138. The quantitative estimate of drug-likeness (QED) is 0.180. The van der Waals surface area contributed by atoms with Crippen LogP contribution < -0.4 is 15.0 Å². The monoisotopic (exact) mass is 666 g/mol. The Morgan fingerprint density at radius 3 is 2.51 bits per heavy atom. The van der Waals surface area contributed by atoms with Crippen molar-refractivity contribution >= 4 is 47.7 Å². The van der Waals surface area contributed by atoms with E-state index < -0.39 is 46.8 Å². The Bertz CT molecular complexity index is 1340. The number of fused-ring (bicyclic) bond motifs is 3. The molecule has 0 radical (unpaired) electrons. The Labute approximate surface area is 276 Å². The van der Waals surface area contributed by atoms with Gasteiger partial charge in [0.2, 0.25) is 11.8 Å². The molecule has 2 aliphatic heterocycles. The van der Waals surface area contributed by atoms with Crippen LogP contribution in [0.4, 0.5) is 5.69 Å². The third kappa shape index (κ3) is 8.62. The zero-order valence-electron chi connectivity index (χ0n) is 27.5. The second kappa shape index (κ2) is 14.9. The molecule has 0 aromatic heterocycles. The molecule has 2 aliphatic rings. The molecule has 8 atom stereocenters. The number of hydrogen-bond donors (Lipinski definition) is 3. The number of esters is 1. The van der Waals surface area contributed by atoms with Crippen molar-refractivity contribution in [3.63, 3.8) is 0 Å². The molecule has 1 fully saturated rings. The fourth-order valence-electron chi connectivity index (χ4n) is 5.94. The van der Waals surface area contributed by atoms with Crippen molar-refractivity contribution < 1.29 is 38.4 Å². The summed E-state index contributed by atoms with van der Waals surface area (Å²) in [5.74, 6) is -1.30. The van der Waals surface area contributed by atoms with Gasteiger partial charge in [-0.05, 0) is 56.7 Å². The number of thiol groups is 1. The van der Waals surface area contributed by atoms with E-state index in [1.165, 1.54) is 26.0 Å². The summed E-state index contributed by atoms with van der Waals surface area (Å²) in [7, 11) is 4.60. The van der Waals surface area contributed by atoms with Crippen LogP contribution in [-0.2, 0) is 35.0 Å². The molecule has 250 valence electrons. The maximum Gasteiger partial charge on any atom is 0.318 e. The van der Waals surface area contributed by atoms with Crippen LogP contribution in [-0.4, -0.2) is 79.0 Å². The Balaban J connectivity index is 2.14. The van der Waals surface area contributed by atoms with Crippen LogP contribution in [0.15, 0.2) is 35.9 Å². The zero-order chi connectivity index (χ0) is 33.9. The minimum Gasteiger partial charge on any atom is -0.495 e. The molecule has 0 aliphatic carbocycles. The number of nitrogens with one attached hydrogen (secondary N) is 1. The van der Waals surface area contributed by atoms with Gasteiger partial charge in [-0.3, -0.25) is 14.4 Å². The summed E-state index contributed by atoms with van der Waals surface area (Å²) in [5.41, 5.74) is -0.471. The first kappa shape index (κ1) is 36.9. The molecule has 0 saturated carbocycles. The standard InChI is InChI=1S/C33H47ClN2O8S/c1-18-11-10-12-26(42-9)33(40,35-22(5)37)17-19(2)20(3)30-32(6,44-30)27(43-31(39)21(4)45)16-28(38)36(7)24-14-23(13-18)15-25(41-8)29(24)34/h10-12,14-15,19-21,26-27,30,40,45H,13,16-17H2,1-9H3,(H,35,37)/b12-10+,18-11+. The van der Waals surface area contributed by atoms with Crippen molar-refractivity contribution in [2.75, 3.05) is 26.2 Å². The van der Waals surface area contributed by atoms with Gasteiger partial charge >= 0.3 is 5.97 Å². The third-order valence-electron chi connectivity index (χ3n) is 8.80. The highest BCUT2D eigenvalue weighted by Gasteiger charge is 2.63. The molecule has 10 nitrogen and oxygen atoms in total. The zero-order valence-corrected chi connectivity index (χ0v) is 29.2. The van der Waals surface area contributed by atoms with Crippen molar-refractivity contribution in [1.82, 2.24) is 5.32 Å². The number of hydrogen-bond acceptors (Lipinski definition) is 9. The summed E-state index contributed by atoms with van der Waals surface area (Å²) in [6, 6.07) is 3.64. The first-order valence-electron chi connectivity index (χ1n) is 15.0. The van der Waals surface area contributed by atoms with Gasteiger partial charge in [-0.1, -0.05) is 49.2 Å². The predicted molar refractivity (Wildman–Crippen MR) is 177 cm³/mol. The summed E-state index contributed by atoms with van der Waals surface area (Å²) < 4.78 is 23.3. The third-order valence-corrected chi connectivity index (χ3v) is 9.39. The number of ether oxygens (including phenoxy) is 4. The van der Waals surface area contributed by atoms with E-state index in [0.29, 0.717) is 17.9 Å². The second-order valence-corrected chi connectivity index (χ2v) is 13.6. The van der Waals surface area contributed by atoms with E-state index >= 15 is 0 Å². The van der Waals surface area contributed by atoms with Gasteiger partial charge in [0.25, 0.3) is 0 Å². The Morgan fingerprint density at radius 2 is 1.93 bits per heavy atom. The first-order valence-corrected chi connectivity index (χ1v) is 15.9. The highest BCUT2D eigenvalue weighted by atomic mass is 35.5. The van der Waals surface area contributed by atoms with Gasteiger partial charge in [0.1, 0.15) is 28.6 Å². The highest BCUT2D eigenvalue weighted by molar-refractivity contribution is 7.81. The van der Waals surface area contributed by atoms with Crippen LogP contribution in [0.2, 0.25) is 5.02 Å². The summed E-state index contributed by atoms with van der Waals surface area (Å²) >= 11 is 10.9. The van der Waals surface area contributed by atoms with Gasteiger partial charge in [0.05, 0.1) is 30.6 Å². The Hall–Kier alpha value is -2.57. The number of carbonyl (C=O) groups excluding carboxylic acids is 3. The number of epoxide rings is 1. The molecule has 1 aromatic rings. The number of methoxy groups -OCH3 is 2. The summed E-state index contributed by atoms with van der Waals surface area (Å²) in [6.07, 6.45) is 3.62. The number of nitrogens with zero attached hydrogens (tertiary/aromatic N) is 1. The van der Waals surface area contributed by atoms with E-state index in [4.69, 9.17) is 30.5 Å². The number of anilines is 1. The summed E-state index contributed by atoms with van der Waals surface area (Å²) in [5, 5.41) is 14.0. The van der Waals surface area contributed by atoms with Gasteiger partial charge in [0, 0.05) is 27.5 Å². The fraction of sp³-hybridized carbons (Fsp3) is 0.606. The molecule has 2 heterocycles. The fourth-order valence-corrected chi connectivity index (χ4v) is 6.32. The van der Waals surface area contributed by atoms with Crippen molar-refractivity contribution in [3.05, 3.63) is 46.5 Å². The summed E-state index contributed by atoms with van der Waals surface area (Å²) in [6.45, 7) is 10.6. The molecular weight excluding hydrogens is 620 g/mol. The molecule has 2 N–H and O–H groups in total. The average molecular weight is 667 g/mol. The Morgan fingerprint density at radius 1 is 1.27 bits per heavy atom. The lowest BCUT2D eigenvalue weighted by molar-refractivity contribution is -0.152. The number of benzene rings is 1. The lowest BCUT2D eigenvalue weighted by Gasteiger charge is -2.37. The molecule has 3 rings (SSSR count). The number of halogens is 1. The molecule has 0 spiro atoms. The topological polar surface area (TPSA) is 127 Å². The van der Waals surface area contributed by atoms with Gasteiger partial charge in [-0.15, -0.1) is 0 Å². The Kier molecular flexibility index (Phi) is 12.2. The van der Waals surface area contributed by atoms with Crippen molar-refractivity contribution in [1.29, 1.82) is 0 Å². The van der Waals surface area contributed by atoms with Crippen LogP contribution in [0.5, 0.6) is 5.75 Å². The van der Waals surface area contributed by atoms with Crippen LogP contribution in [0.1, 0.15) is 59.9 Å². The van der Waals surface area contributed by atoms with Crippen molar-refractivity contribution in [2.45, 2.75) is 95.7 Å². The normalized spacial score (nSPS) is 33.7. The van der Waals surface area contributed by atoms with Crippen LogP contribution in [0.25, 0.3) is 0 Å². The van der Waals surface area contributed by atoms with Gasteiger partial charge < -0.3 is 34.3 Å². The maximum absolute atomic E-state index is 13.8. The largest absolute Gasteiger partial charge is 0.495 e. The van der Waals surface area contributed by atoms with Gasteiger partial charge in [-0.2, -0.15) is 12.6 Å². The molecule has 2 bridgehead atoms. The number of carbonyl (C=O) groups is 3. The molecule has 8 unspecified atom stereocenters. The molecule has 1 aromatic carbocycles. The predicted octanol–water partition coefficient (Wildman–Crippen LogP) is 4.65. The number of aliphatic hydroxyl groups is 1. The average Bonchev–Trinajstić information content (AvgIpc) is 3.65. The maximum atomic E-state index is 13.8. The van der Waals surface area contributed by atoms with E-state index in [2.05, 4.69) is 17.9 Å². The van der Waals surface area contributed by atoms with E-state index in [-0.39, 0.29) is 35.6 Å². The van der Waals surface area contributed by atoms with Crippen LogP contribution in [0.3, 0.4) is 0 Å². The molecule has 12 heteroatoms. The van der Waals surface area contributed by atoms with Gasteiger partial charge in [0.15, 0.2) is 5.72 Å². The van der Waals surface area contributed by atoms with E-state index in [9.17, 15) is 19.5 Å². The molecule has 1 saturated heterocycles. The smallest absolute Gasteiger partial charge is 0.318 e. The van der Waals surface area contributed by atoms with Crippen LogP contribution >= 0.6 is 24.2 Å². The van der Waals surface area contributed by atoms with E-state index in [1.54, 1.807) is 26.1 Å². The summed E-state index contributed by atoms with van der Waals surface area (Å²) in [4.78, 5) is 40.2. The van der Waals surface area contributed by atoms with Crippen LogP contribution in [0, 0.1) is 11.8 Å². The van der Waals surface area contributed by atoms with Crippen molar-refractivity contribution in [2.24, 2.45) is 11.8 Å². The molecule has 45 heavy (non-hydrogen) atoms. The minimum atomic E-state index is -1.73. The van der Waals surface area contributed by atoms with E-state index in [1.807, 2.05) is 45.9 Å². The molecular formula is C33H47ClN2O8S. The van der Waals surface area contributed by atoms with Gasteiger partial charge in [-0.25, -0.2) is 0 Å². The second-order valence-electron chi connectivity index (χ2n) is 12.5. The number of allylic oxidation sites excluding steroid dienone is 3. The molecule has 2 amide bonds.